The Bertz CT molecular complexity index is 520. The Morgan fingerprint density at radius 3 is 1.66 bits per heavy atom. The van der Waals surface area contributed by atoms with Gasteiger partial charge in [0.2, 0.25) is 0 Å². The SMILES string of the molecule is C#C[C@@H]1CC[C@@H]([C@H](O)COC(=O)OC(C)(C)C)O1.[C-]#[O+].[C-]#[O+].[C-]#[O+].[C-]#[O+].[C-]#[O+].[C-]#[O+].[Co].[Co]. The molecule has 32 heavy (non-hydrogen) atoms. The molecule has 3 atom stereocenters. The minimum Gasteiger partial charge on any atom is 0 e. The Morgan fingerprint density at radius 1 is 1.00 bits per heavy atom. The van der Waals surface area contributed by atoms with E-state index in [0.717, 1.165) is 0 Å². The van der Waals surface area contributed by atoms with Crippen molar-refractivity contribution in [2.45, 2.75) is 57.5 Å². The zero-order valence-corrected chi connectivity index (χ0v) is 19.2. The van der Waals surface area contributed by atoms with Crippen LogP contribution in [-0.2, 0) is 75.7 Å². The molecule has 1 heterocycles. The molecule has 0 spiro atoms. The number of carbonyl (C=O) groups excluding carboxylic acids is 1. The van der Waals surface area contributed by atoms with Crippen molar-refractivity contribution in [2.24, 2.45) is 0 Å². The molecule has 2 radical (unpaired) electrons. The average Bonchev–Trinajstić information content (AvgIpc) is 3.29. The van der Waals surface area contributed by atoms with Gasteiger partial charge in [0.15, 0.2) is 0 Å². The van der Waals surface area contributed by atoms with Crippen LogP contribution in [0.4, 0.5) is 4.79 Å². The number of aliphatic hydroxyl groups is 1. The van der Waals surface area contributed by atoms with Gasteiger partial charge in [0.25, 0.3) is 0 Å². The molecule has 0 aromatic rings. The third-order valence-electron chi connectivity index (χ3n) is 2.43. The van der Waals surface area contributed by atoms with Crippen LogP contribution < -0.4 is 0 Å². The van der Waals surface area contributed by atoms with Crippen molar-refractivity contribution in [1.82, 2.24) is 0 Å². The van der Waals surface area contributed by atoms with E-state index in [9.17, 15) is 9.90 Å². The maximum atomic E-state index is 11.3. The van der Waals surface area contributed by atoms with Gasteiger partial charge in [-0.25, -0.2) is 4.79 Å². The summed E-state index contributed by atoms with van der Waals surface area (Å²) in [6.07, 6.45) is 4.28. The Morgan fingerprint density at radius 2 is 1.38 bits per heavy atom. The first-order chi connectivity index (χ1) is 14.3. The third-order valence-corrected chi connectivity index (χ3v) is 2.43. The number of hydrogen-bond acceptors (Lipinski definition) is 5. The monoisotopic (exact) mass is 542 g/mol. The minimum absolute atomic E-state index is 0. The first-order valence-electron chi connectivity index (χ1n) is 7.19. The molecular formula is C19H20Co2O11. The number of hydrogen-bond donors (Lipinski definition) is 1. The second-order valence-electron chi connectivity index (χ2n) is 5.25. The molecule has 180 valence electrons. The van der Waals surface area contributed by atoms with Crippen molar-refractivity contribution in [1.29, 1.82) is 0 Å². The van der Waals surface area contributed by atoms with Gasteiger partial charge >= 0.3 is 74.0 Å². The molecule has 1 N–H and O–H groups in total. The Hall–Kier alpha value is -1.80. The summed E-state index contributed by atoms with van der Waals surface area (Å²) < 4.78 is 60.2. The zero-order chi connectivity index (χ0) is 25.8. The second kappa shape index (κ2) is 43.1. The van der Waals surface area contributed by atoms with Gasteiger partial charge in [-0.3, -0.25) is 0 Å². The average molecular weight is 542 g/mol. The summed E-state index contributed by atoms with van der Waals surface area (Å²) in [5.41, 5.74) is -0.611. The normalized spacial score (nSPS) is 14.6. The minimum atomic E-state index is -0.879. The van der Waals surface area contributed by atoms with Crippen LogP contribution in [0.1, 0.15) is 33.6 Å². The van der Waals surface area contributed by atoms with E-state index in [4.69, 9.17) is 48.5 Å². The van der Waals surface area contributed by atoms with E-state index in [0.29, 0.717) is 12.8 Å². The molecule has 0 unspecified atom stereocenters. The van der Waals surface area contributed by atoms with Crippen LogP contribution in [0, 0.1) is 52.2 Å². The van der Waals surface area contributed by atoms with Crippen LogP contribution >= 0.6 is 0 Å². The van der Waals surface area contributed by atoms with Crippen molar-refractivity contribution in [2.75, 3.05) is 6.61 Å². The maximum Gasteiger partial charge on any atom is 0 e. The molecule has 1 saturated heterocycles. The molecular weight excluding hydrogens is 522 g/mol. The maximum absolute atomic E-state index is 11.3. The van der Waals surface area contributed by atoms with Gasteiger partial charge in [-0.1, -0.05) is 5.92 Å². The smallest absolute Gasteiger partial charge is 0 e. The third kappa shape index (κ3) is 38.8. The fourth-order valence-corrected chi connectivity index (χ4v) is 1.61. The van der Waals surface area contributed by atoms with Crippen LogP contribution in [0.2, 0.25) is 0 Å². The molecule has 0 aromatic carbocycles. The van der Waals surface area contributed by atoms with Gasteiger partial charge < -0.3 is 19.3 Å². The number of carbonyl (C=O) groups is 1. The Kier molecular flexibility index (Phi) is 70.4. The fourth-order valence-electron chi connectivity index (χ4n) is 1.61. The van der Waals surface area contributed by atoms with Gasteiger partial charge in [0, 0.05) is 33.6 Å². The number of aliphatic hydroxyl groups excluding tert-OH is 1. The molecule has 1 rings (SSSR count). The van der Waals surface area contributed by atoms with Crippen LogP contribution in [0.25, 0.3) is 0 Å². The standard InChI is InChI=1S/C13H20O5.6CO.2Co/c1-5-9-6-7-11(17-9)10(14)8-16-12(15)18-13(2,3)4;6*1-2;;/h1,9-11,14H,6-8H2,2-4H3;;;;;;;;/t9-,10-,11+;;;;;;;;/m1......../s1. The fraction of sp³-hybridized carbons (Fsp3) is 0.526. The van der Waals surface area contributed by atoms with Gasteiger partial charge in [-0.05, 0) is 33.6 Å². The summed E-state index contributed by atoms with van der Waals surface area (Å²) in [5, 5.41) is 9.78. The molecule has 0 aromatic heterocycles. The van der Waals surface area contributed by atoms with E-state index in [-0.39, 0.29) is 52.4 Å². The van der Waals surface area contributed by atoms with Crippen LogP contribution in [0.3, 0.4) is 0 Å². The molecule has 0 aliphatic carbocycles. The number of ether oxygens (including phenoxy) is 3. The van der Waals surface area contributed by atoms with E-state index in [1.54, 1.807) is 20.8 Å². The number of terminal acetylenes is 1. The predicted molar refractivity (Wildman–Crippen MR) is 88.5 cm³/mol. The van der Waals surface area contributed by atoms with Crippen molar-refractivity contribution in [3.05, 3.63) is 39.9 Å². The van der Waals surface area contributed by atoms with E-state index < -0.39 is 17.9 Å². The first-order valence-corrected chi connectivity index (χ1v) is 7.19. The quantitative estimate of drug-likeness (QED) is 0.243. The number of rotatable bonds is 3. The van der Waals surface area contributed by atoms with E-state index in [2.05, 4.69) is 45.8 Å². The molecule has 1 fully saturated rings. The largest absolute Gasteiger partial charge is 0 e. The Balaban J connectivity index is -0.0000000594. The van der Waals surface area contributed by atoms with Crippen molar-refractivity contribution in [3.8, 4) is 12.3 Å². The topological polar surface area (TPSA) is 184 Å². The van der Waals surface area contributed by atoms with E-state index in [1.807, 2.05) is 0 Å². The summed E-state index contributed by atoms with van der Waals surface area (Å²) in [5.74, 6) is 2.48. The second-order valence-corrected chi connectivity index (χ2v) is 5.25. The first kappa shape index (κ1) is 52.2. The van der Waals surface area contributed by atoms with Crippen LogP contribution in [-0.4, -0.2) is 41.8 Å². The molecule has 11 nitrogen and oxygen atoms in total. The van der Waals surface area contributed by atoms with Gasteiger partial charge in [0.1, 0.15) is 24.4 Å². The van der Waals surface area contributed by atoms with Crippen LogP contribution in [0.5, 0.6) is 0 Å². The van der Waals surface area contributed by atoms with Gasteiger partial charge in [-0.2, -0.15) is 0 Å². The molecule has 1 aliphatic rings. The van der Waals surface area contributed by atoms with Crippen LogP contribution in [0.15, 0.2) is 0 Å². The predicted octanol–water partition coefficient (Wildman–Crippen LogP) is 1.25. The molecule has 0 bridgehead atoms. The summed E-state index contributed by atoms with van der Waals surface area (Å²) in [4.78, 5) is 11.3. The molecule has 1 aliphatic heterocycles. The zero-order valence-electron chi connectivity index (χ0n) is 17.1. The van der Waals surface area contributed by atoms with Gasteiger partial charge in [0.05, 0.1) is 6.10 Å². The van der Waals surface area contributed by atoms with Gasteiger partial charge in [-0.15, -0.1) is 6.42 Å². The van der Waals surface area contributed by atoms with E-state index >= 15 is 0 Å². The molecule has 0 saturated carbocycles. The van der Waals surface area contributed by atoms with E-state index in [1.165, 1.54) is 0 Å². The van der Waals surface area contributed by atoms with Crippen molar-refractivity contribution >= 4 is 6.16 Å². The molecule has 0 amide bonds. The molecule has 13 heteroatoms. The summed E-state index contributed by atoms with van der Waals surface area (Å²) in [6, 6.07) is 0. The Labute approximate surface area is 208 Å². The summed E-state index contributed by atoms with van der Waals surface area (Å²) in [7, 11) is 0. The van der Waals surface area contributed by atoms with Crippen molar-refractivity contribution < 1.29 is 85.6 Å². The van der Waals surface area contributed by atoms with Crippen molar-refractivity contribution in [3.63, 3.8) is 0 Å². The summed E-state index contributed by atoms with van der Waals surface area (Å²) >= 11 is 0. The summed E-state index contributed by atoms with van der Waals surface area (Å²) in [6.45, 7) is 32.1.